The predicted octanol–water partition coefficient (Wildman–Crippen LogP) is 6.58. The van der Waals surface area contributed by atoms with E-state index in [0.29, 0.717) is 27.8 Å². The van der Waals surface area contributed by atoms with E-state index in [9.17, 15) is 9.59 Å². The van der Waals surface area contributed by atoms with E-state index in [4.69, 9.17) is 8.85 Å². The Bertz CT molecular complexity index is 876. The van der Waals surface area contributed by atoms with Gasteiger partial charge in [-0.1, -0.05) is 53.7 Å². The number of hydrogen-bond donors (Lipinski definition) is 0. The molecule has 6 nitrogen and oxygen atoms in total. The molecule has 1 aliphatic rings. The molecule has 1 aliphatic heterocycles. The number of amides is 2. The lowest BCUT2D eigenvalue weighted by Crippen LogP contribution is -2.50. The topological polar surface area (TPSA) is 68.2 Å². The van der Waals surface area contributed by atoms with Gasteiger partial charge in [0.15, 0.2) is 0 Å². The molecule has 2 rings (SSSR count). The summed E-state index contributed by atoms with van der Waals surface area (Å²) in [7, 11) is -4.12. The number of carbonyl (C=O) groups excluding carboxylic acids is 2. The first kappa shape index (κ1) is 27.2. The molecular formula is C25H40N2O4Si2. The van der Waals surface area contributed by atoms with Crippen LogP contribution in [0.4, 0.5) is 0 Å². The molecular weight excluding hydrogens is 448 g/mol. The summed E-state index contributed by atoms with van der Waals surface area (Å²) in [6.45, 7) is 21.6. The molecule has 0 N–H and O–H groups in total. The first-order chi connectivity index (χ1) is 15.2. The van der Waals surface area contributed by atoms with Gasteiger partial charge < -0.3 is 8.85 Å². The maximum Gasteiger partial charge on any atom is 0.265 e. The number of rotatable bonds is 10. The Morgan fingerprint density at radius 2 is 1.33 bits per heavy atom. The molecule has 2 amide bonds. The first-order valence-corrected chi connectivity index (χ1v) is 17.3. The van der Waals surface area contributed by atoms with Crippen molar-refractivity contribution in [2.24, 2.45) is 4.99 Å². The van der Waals surface area contributed by atoms with E-state index in [-0.39, 0.29) is 23.8 Å². The van der Waals surface area contributed by atoms with Crippen LogP contribution in [0.5, 0.6) is 0 Å². The zero-order chi connectivity index (χ0) is 25.1. The second-order valence-electron chi connectivity index (χ2n) is 10.6. The van der Waals surface area contributed by atoms with Crippen LogP contribution in [-0.4, -0.2) is 45.7 Å². The van der Waals surface area contributed by atoms with Crippen molar-refractivity contribution in [1.29, 1.82) is 0 Å². The minimum Gasteiger partial charge on any atom is -0.530 e. The molecule has 0 saturated carbocycles. The summed E-state index contributed by atoms with van der Waals surface area (Å²) in [6, 6.07) is 6.83. The molecule has 1 heterocycles. The Balaban J connectivity index is 2.34. The van der Waals surface area contributed by atoms with Gasteiger partial charge in [-0.15, -0.1) is 0 Å². The van der Waals surface area contributed by atoms with E-state index >= 15 is 0 Å². The highest BCUT2D eigenvalue weighted by Gasteiger charge is 2.46. The van der Waals surface area contributed by atoms with Gasteiger partial charge >= 0.3 is 0 Å². The standard InChI is InChI=1S/C25H40N2O4Si2/c1-17(2)33(18(3)4,19(5)6)30-20(7)15-26-23(31-32(8,9)10)16-27-24(28)21-13-11-12-14-22(21)25(27)29/h11-20H,1-10H3/b23-16-,26-15+/t20-/m0/s1. The molecule has 182 valence electrons. The van der Waals surface area contributed by atoms with Crippen LogP contribution >= 0.6 is 0 Å². The Morgan fingerprint density at radius 1 is 0.879 bits per heavy atom. The summed E-state index contributed by atoms with van der Waals surface area (Å²) in [5, 5.41) is 0. The van der Waals surface area contributed by atoms with Crippen LogP contribution in [0.2, 0.25) is 36.3 Å². The molecule has 0 saturated heterocycles. The van der Waals surface area contributed by atoms with E-state index < -0.39 is 16.6 Å². The van der Waals surface area contributed by atoms with E-state index in [0.717, 1.165) is 4.90 Å². The second-order valence-corrected chi connectivity index (χ2v) is 20.5. The van der Waals surface area contributed by atoms with Gasteiger partial charge in [0.2, 0.25) is 22.5 Å². The lowest BCUT2D eigenvalue weighted by molar-refractivity contribution is 0.0716. The van der Waals surface area contributed by atoms with E-state index in [2.05, 4.69) is 46.5 Å². The van der Waals surface area contributed by atoms with Gasteiger partial charge in [-0.05, 0) is 55.3 Å². The number of benzene rings is 1. The summed E-state index contributed by atoms with van der Waals surface area (Å²) in [5.41, 5.74) is 2.17. The van der Waals surface area contributed by atoms with Crippen LogP contribution in [0.1, 0.15) is 69.2 Å². The van der Waals surface area contributed by atoms with Gasteiger partial charge in [-0.3, -0.25) is 9.59 Å². The number of aliphatic imine (C=N–C) groups is 1. The Kier molecular flexibility index (Phi) is 8.65. The van der Waals surface area contributed by atoms with Crippen molar-refractivity contribution in [3.8, 4) is 0 Å². The lowest BCUT2D eigenvalue weighted by Gasteiger charge is -2.43. The Morgan fingerprint density at radius 3 is 1.73 bits per heavy atom. The summed E-state index contributed by atoms with van der Waals surface area (Å²) in [6.07, 6.45) is 2.93. The molecule has 0 aliphatic carbocycles. The lowest BCUT2D eigenvalue weighted by atomic mass is 10.1. The Hall–Kier alpha value is -2.04. The highest BCUT2D eigenvalue weighted by Crippen LogP contribution is 2.42. The average molecular weight is 489 g/mol. The fraction of sp³-hybridized carbons (Fsp3) is 0.560. The summed E-state index contributed by atoms with van der Waals surface area (Å²) < 4.78 is 12.9. The monoisotopic (exact) mass is 488 g/mol. The van der Waals surface area contributed by atoms with E-state index in [1.54, 1.807) is 30.5 Å². The molecule has 0 aromatic heterocycles. The van der Waals surface area contributed by atoms with E-state index in [1.807, 2.05) is 26.6 Å². The normalized spacial score (nSPS) is 16.5. The highest BCUT2D eigenvalue weighted by atomic mass is 28.4. The maximum atomic E-state index is 12.8. The first-order valence-electron chi connectivity index (χ1n) is 11.8. The van der Waals surface area contributed by atoms with Gasteiger partial charge in [-0.2, -0.15) is 0 Å². The second kappa shape index (κ2) is 10.5. The van der Waals surface area contributed by atoms with Crippen LogP contribution in [0.15, 0.2) is 41.3 Å². The Labute approximate surface area is 201 Å². The van der Waals surface area contributed by atoms with Gasteiger partial charge in [0, 0.05) is 6.21 Å². The third-order valence-corrected chi connectivity index (χ3v) is 13.0. The minimum atomic E-state index is -2.07. The molecule has 0 bridgehead atoms. The van der Waals surface area contributed by atoms with Crippen LogP contribution in [0.3, 0.4) is 0 Å². The van der Waals surface area contributed by atoms with Crippen molar-refractivity contribution in [3.05, 3.63) is 47.5 Å². The average Bonchev–Trinajstić information content (AvgIpc) is 2.93. The molecule has 1 atom stereocenters. The minimum absolute atomic E-state index is 0.223. The van der Waals surface area contributed by atoms with Crippen molar-refractivity contribution in [2.45, 2.75) is 90.8 Å². The number of hydrogen-bond acceptors (Lipinski definition) is 5. The number of fused-ring (bicyclic) bond motifs is 1. The smallest absolute Gasteiger partial charge is 0.265 e. The molecule has 0 unspecified atom stereocenters. The van der Waals surface area contributed by atoms with Gasteiger partial charge in [0.05, 0.1) is 23.4 Å². The number of imide groups is 1. The third-order valence-electron chi connectivity index (χ3n) is 5.98. The highest BCUT2D eigenvalue weighted by molar-refractivity contribution is 6.77. The quantitative estimate of drug-likeness (QED) is 0.161. The molecule has 8 heteroatoms. The molecule has 0 fully saturated rings. The van der Waals surface area contributed by atoms with Gasteiger partial charge in [0.1, 0.15) is 0 Å². The van der Waals surface area contributed by atoms with Crippen LogP contribution in [-0.2, 0) is 8.85 Å². The molecule has 1 aromatic carbocycles. The van der Waals surface area contributed by atoms with Crippen molar-refractivity contribution in [3.63, 3.8) is 0 Å². The van der Waals surface area contributed by atoms with Gasteiger partial charge in [0.25, 0.3) is 11.8 Å². The largest absolute Gasteiger partial charge is 0.530 e. The van der Waals surface area contributed by atoms with Crippen molar-refractivity contribution in [1.82, 2.24) is 4.90 Å². The van der Waals surface area contributed by atoms with Crippen LogP contribution in [0.25, 0.3) is 0 Å². The van der Waals surface area contributed by atoms with Gasteiger partial charge in [-0.25, -0.2) is 9.89 Å². The summed E-state index contributed by atoms with van der Waals surface area (Å²) in [4.78, 5) is 31.3. The zero-order valence-electron chi connectivity index (χ0n) is 21.8. The zero-order valence-corrected chi connectivity index (χ0v) is 23.8. The van der Waals surface area contributed by atoms with Crippen molar-refractivity contribution in [2.75, 3.05) is 0 Å². The third kappa shape index (κ3) is 6.10. The fourth-order valence-electron chi connectivity index (χ4n) is 4.77. The van der Waals surface area contributed by atoms with Crippen LogP contribution < -0.4 is 0 Å². The molecule has 0 radical (unpaired) electrons. The number of carbonyl (C=O) groups is 2. The summed E-state index contributed by atoms with van der Waals surface area (Å²) >= 11 is 0. The summed E-state index contributed by atoms with van der Waals surface area (Å²) in [5.74, 6) is -0.472. The van der Waals surface area contributed by atoms with Crippen LogP contribution in [0, 0.1) is 0 Å². The number of nitrogens with zero attached hydrogens (tertiary/aromatic N) is 2. The van der Waals surface area contributed by atoms with E-state index in [1.165, 1.54) is 6.20 Å². The fourth-order valence-corrected chi connectivity index (χ4v) is 11.0. The SMILES string of the molecule is CC(C)[Si](O[C@@H](C)/C=N/C(=C/N1C(=O)c2ccccc2C1=O)O[Si](C)(C)C)(C(C)C)C(C)C. The van der Waals surface area contributed by atoms with Crippen molar-refractivity contribution < 1.29 is 18.4 Å². The molecule has 1 aromatic rings. The molecule has 0 spiro atoms. The predicted molar refractivity (Wildman–Crippen MR) is 140 cm³/mol. The molecule has 33 heavy (non-hydrogen) atoms. The maximum absolute atomic E-state index is 12.8. The van der Waals surface area contributed by atoms with Crippen molar-refractivity contribution >= 4 is 34.7 Å².